The molecule has 1 aromatic rings. The smallest absolute Gasteiger partial charge is 0.314 e. The highest BCUT2D eigenvalue weighted by atomic mass is 16.5. The molecule has 1 aromatic heterocycles. The number of ether oxygens (including phenoxy) is 1. The van der Waals surface area contributed by atoms with Crippen LogP contribution in [0.5, 0.6) is 11.8 Å². The molecule has 0 aliphatic carbocycles. The third-order valence-corrected chi connectivity index (χ3v) is 0.926. The van der Waals surface area contributed by atoms with Gasteiger partial charge < -0.3 is 9.84 Å². The zero-order valence-electron chi connectivity index (χ0n) is 5.61. The number of hydrogen-bond donors (Lipinski definition) is 1. The van der Waals surface area contributed by atoms with Gasteiger partial charge in [0.15, 0.2) is 5.75 Å². The molecular formula is C6H8N2O2. The number of aromatic nitrogens is 2. The molecule has 1 rings (SSSR count). The predicted molar refractivity (Wildman–Crippen MR) is 34.9 cm³/mol. The second kappa shape index (κ2) is 3.00. The Hall–Kier alpha value is -1.32. The molecule has 0 amide bonds. The first-order valence-corrected chi connectivity index (χ1v) is 2.96. The average Bonchev–Trinajstić information content (AvgIpc) is 1.95. The Morgan fingerprint density at radius 3 is 2.60 bits per heavy atom. The van der Waals surface area contributed by atoms with Crippen LogP contribution in [0.3, 0.4) is 0 Å². The molecule has 0 radical (unpaired) electrons. The fraction of sp³-hybridized carbons (Fsp3) is 0.333. The summed E-state index contributed by atoms with van der Waals surface area (Å²) in [5.41, 5.74) is 0. The monoisotopic (exact) mass is 140 g/mol. The van der Waals surface area contributed by atoms with Crippen molar-refractivity contribution in [2.75, 3.05) is 6.61 Å². The fourth-order valence-corrected chi connectivity index (χ4v) is 0.551. The fourth-order valence-electron chi connectivity index (χ4n) is 0.551. The lowest BCUT2D eigenvalue weighted by molar-refractivity contribution is 0.333. The average molecular weight is 140 g/mol. The Kier molecular flexibility index (Phi) is 2.04. The topological polar surface area (TPSA) is 55.2 Å². The maximum Gasteiger partial charge on any atom is 0.314 e. The van der Waals surface area contributed by atoms with Crippen molar-refractivity contribution in [1.29, 1.82) is 0 Å². The Labute approximate surface area is 58.5 Å². The van der Waals surface area contributed by atoms with Gasteiger partial charge in [-0.1, -0.05) is 0 Å². The molecule has 0 fully saturated rings. The summed E-state index contributed by atoms with van der Waals surface area (Å²) in [5, 5.41) is 8.65. The van der Waals surface area contributed by atoms with E-state index in [0.717, 1.165) is 0 Å². The standard InChI is InChI=1S/C6H8N2O2/c1-2-10-5-3-7-6(9)8-4-5/h3-4H,2H2,1H3,(H,7,8,9). The highest BCUT2D eigenvalue weighted by molar-refractivity contribution is 5.13. The third kappa shape index (κ3) is 1.58. The molecule has 0 saturated carbocycles. The van der Waals surface area contributed by atoms with Gasteiger partial charge >= 0.3 is 6.01 Å². The van der Waals surface area contributed by atoms with Crippen molar-refractivity contribution in [3.05, 3.63) is 12.4 Å². The van der Waals surface area contributed by atoms with Crippen molar-refractivity contribution < 1.29 is 9.84 Å². The van der Waals surface area contributed by atoms with Gasteiger partial charge in [-0.25, -0.2) is 0 Å². The SMILES string of the molecule is CCOc1cnc(O)nc1. The van der Waals surface area contributed by atoms with Gasteiger partial charge in [0, 0.05) is 0 Å². The van der Waals surface area contributed by atoms with Crippen molar-refractivity contribution in [2.45, 2.75) is 6.92 Å². The Balaban J connectivity index is 2.69. The number of aromatic hydroxyl groups is 1. The summed E-state index contributed by atoms with van der Waals surface area (Å²) in [6, 6.07) is -0.233. The molecule has 10 heavy (non-hydrogen) atoms. The predicted octanol–water partition coefficient (Wildman–Crippen LogP) is 0.581. The molecule has 0 unspecified atom stereocenters. The maximum absolute atomic E-state index is 8.65. The van der Waals surface area contributed by atoms with Gasteiger partial charge in [0.05, 0.1) is 19.0 Å². The van der Waals surface area contributed by atoms with E-state index in [2.05, 4.69) is 9.97 Å². The van der Waals surface area contributed by atoms with Crippen LogP contribution in [0.4, 0.5) is 0 Å². The lowest BCUT2D eigenvalue weighted by atomic mass is 10.6. The minimum Gasteiger partial charge on any atom is -0.491 e. The van der Waals surface area contributed by atoms with Crippen LogP contribution in [-0.4, -0.2) is 21.7 Å². The van der Waals surface area contributed by atoms with Gasteiger partial charge in [0.25, 0.3) is 0 Å². The largest absolute Gasteiger partial charge is 0.491 e. The van der Waals surface area contributed by atoms with Crippen LogP contribution in [-0.2, 0) is 0 Å². The van der Waals surface area contributed by atoms with E-state index in [4.69, 9.17) is 9.84 Å². The van der Waals surface area contributed by atoms with E-state index >= 15 is 0 Å². The van der Waals surface area contributed by atoms with Crippen LogP contribution in [0.25, 0.3) is 0 Å². The zero-order valence-corrected chi connectivity index (χ0v) is 5.61. The zero-order chi connectivity index (χ0) is 7.40. The molecule has 4 heteroatoms. The Bertz CT molecular complexity index is 197. The third-order valence-electron chi connectivity index (χ3n) is 0.926. The van der Waals surface area contributed by atoms with Gasteiger partial charge in [-0.05, 0) is 6.92 Å². The van der Waals surface area contributed by atoms with Crippen molar-refractivity contribution in [3.8, 4) is 11.8 Å². The lowest BCUT2D eigenvalue weighted by Gasteiger charge is -1.98. The summed E-state index contributed by atoms with van der Waals surface area (Å²) < 4.78 is 5.02. The van der Waals surface area contributed by atoms with Crippen LogP contribution in [0, 0.1) is 0 Å². The number of hydrogen-bond acceptors (Lipinski definition) is 4. The highest BCUT2D eigenvalue weighted by Gasteiger charge is 1.92. The van der Waals surface area contributed by atoms with Gasteiger partial charge in [0.1, 0.15) is 0 Å². The Morgan fingerprint density at radius 2 is 2.10 bits per heavy atom. The van der Waals surface area contributed by atoms with Crippen LogP contribution in [0.1, 0.15) is 6.92 Å². The van der Waals surface area contributed by atoms with E-state index in [1.807, 2.05) is 6.92 Å². The van der Waals surface area contributed by atoms with Gasteiger partial charge in [-0.15, -0.1) is 0 Å². The van der Waals surface area contributed by atoms with Gasteiger partial charge in [-0.2, -0.15) is 9.97 Å². The van der Waals surface area contributed by atoms with Gasteiger partial charge in [-0.3, -0.25) is 0 Å². The van der Waals surface area contributed by atoms with E-state index in [9.17, 15) is 0 Å². The summed E-state index contributed by atoms with van der Waals surface area (Å²) in [7, 11) is 0. The van der Waals surface area contributed by atoms with E-state index in [0.29, 0.717) is 12.4 Å². The first-order valence-electron chi connectivity index (χ1n) is 2.96. The van der Waals surface area contributed by atoms with E-state index in [1.165, 1.54) is 12.4 Å². The molecule has 0 spiro atoms. The second-order valence-electron chi connectivity index (χ2n) is 1.65. The van der Waals surface area contributed by atoms with E-state index in [1.54, 1.807) is 0 Å². The first kappa shape index (κ1) is 6.80. The number of rotatable bonds is 2. The summed E-state index contributed by atoms with van der Waals surface area (Å²) in [6.07, 6.45) is 2.84. The summed E-state index contributed by atoms with van der Waals surface area (Å²) in [4.78, 5) is 7.03. The highest BCUT2D eigenvalue weighted by Crippen LogP contribution is 2.07. The van der Waals surface area contributed by atoms with Crippen LogP contribution < -0.4 is 4.74 Å². The minimum absolute atomic E-state index is 0.233. The van der Waals surface area contributed by atoms with Crippen LogP contribution in [0.15, 0.2) is 12.4 Å². The van der Waals surface area contributed by atoms with Crippen LogP contribution in [0.2, 0.25) is 0 Å². The molecule has 54 valence electrons. The molecule has 0 aliphatic heterocycles. The van der Waals surface area contributed by atoms with E-state index in [-0.39, 0.29) is 6.01 Å². The Morgan fingerprint density at radius 1 is 1.50 bits per heavy atom. The number of nitrogens with zero attached hydrogens (tertiary/aromatic N) is 2. The molecule has 0 aromatic carbocycles. The molecule has 0 bridgehead atoms. The molecular weight excluding hydrogens is 132 g/mol. The lowest BCUT2D eigenvalue weighted by Crippen LogP contribution is -1.92. The first-order chi connectivity index (χ1) is 4.83. The molecule has 1 heterocycles. The second-order valence-corrected chi connectivity index (χ2v) is 1.65. The quantitative estimate of drug-likeness (QED) is 0.652. The molecule has 0 aliphatic rings. The van der Waals surface area contributed by atoms with Crippen molar-refractivity contribution in [1.82, 2.24) is 9.97 Å². The molecule has 0 saturated heterocycles. The summed E-state index contributed by atoms with van der Waals surface area (Å²) >= 11 is 0. The van der Waals surface area contributed by atoms with Crippen molar-refractivity contribution in [3.63, 3.8) is 0 Å². The normalized spacial score (nSPS) is 9.30. The summed E-state index contributed by atoms with van der Waals surface area (Å²) in [6.45, 7) is 2.45. The van der Waals surface area contributed by atoms with E-state index < -0.39 is 0 Å². The molecule has 0 atom stereocenters. The summed E-state index contributed by atoms with van der Waals surface area (Å²) in [5.74, 6) is 0.570. The minimum atomic E-state index is -0.233. The van der Waals surface area contributed by atoms with Gasteiger partial charge in [0.2, 0.25) is 0 Å². The molecule has 4 nitrogen and oxygen atoms in total. The van der Waals surface area contributed by atoms with Crippen molar-refractivity contribution in [2.24, 2.45) is 0 Å². The van der Waals surface area contributed by atoms with Crippen molar-refractivity contribution >= 4 is 0 Å². The van der Waals surface area contributed by atoms with Crippen LogP contribution >= 0.6 is 0 Å². The maximum atomic E-state index is 8.65. The molecule has 1 N–H and O–H groups in total.